The van der Waals surface area contributed by atoms with E-state index in [4.69, 9.17) is 1.37 Å². The van der Waals surface area contributed by atoms with Gasteiger partial charge < -0.3 is 5.32 Å². The molecular formula is C10H17N3. The molecule has 2 heterocycles. The minimum Gasteiger partial charge on any atom is -0.317 e. The number of hydrogen-bond donors (Lipinski definition) is 1. The van der Waals surface area contributed by atoms with E-state index in [1.807, 2.05) is 12.4 Å². The maximum Gasteiger partial charge on any atom is 0.0521 e. The molecule has 0 radical (unpaired) electrons. The third-order valence-corrected chi connectivity index (χ3v) is 2.67. The van der Waals surface area contributed by atoms with Crippen LogP contribution in [0.1, 0.15) is 19.8 Å². The van der Waals surface area contributed by atoms with Gasteiger partial charge in [0.15, 0.2) is 0 Å². The van der Waals surface area contributed by atoms with E-state index >= 15 is 0 Å². The van der Waals surface area contributed by atoms with E-state index in [0.717, 1.165) is 25.4 Å². The second-order valence-electron chi connectivity index (χ2n) is 3.79. The van der Waals surface area contributed by atoms with Gasteiger partial charge in [0.05, 0.1) is 6.20 Å². The largest absolute Gasteiger partial charge is 0.317 e. The average Bonchev–Trinajstić information content (AvgIpc) is 2.67. The van der Waals surface area contributed by atoms with E-state index in [1.54, 1.807) is 4.68 Å². The van der Waals surface area contributed by atoms with Crippen molar-refractivity contribution in [2.75, 3.05) is 13.1 Å². The molecular weight excluding hydrogens is 162 g/mol. The summed E-state index contributed by atoms with van der Waals surface area (Å²) < 4.78 is 8.84. The number of rotatable bonds is 2. The number of aryl methyl sites for hydroxylation is 1. The fraction of sp³-hybridized carbons (Fsp3) is 0.700. The van der Waals surface area contributed by atoms with Crippen molar-refractivity contribution >= 4 is 0 Å². The predicted molar refractivity (Wildman–Crippen MR) is 52.5 cm³/mol. The summed E-state index contributed by atoms with van der Waals surface area (Å²) in [4.78, 5) is 0. The molecule has 0 spiro atoms. The van der Waals surface area contributed by atoms with Crippen LogP contribution in [0.25, 0.3) is 0 Å². The quantitative estimate of drug-likeness (QED) is 0.734. The fourth-order valence-corrected chi connectivity index (χ4v) is 1.93. The third-order valence-electron chi connectivity index (χ3n) is 2.67. The Labute approximate surface area is 80.5 Å². The number of aromatic nitrogens is 2. The van der Waals surface area contributed by atoms with Gasteiger partial charge in [-0.25, -0.2) is 0 Å². The zero-order valence-electron chi connectivity index (χ0n) is 8.87. The lowest BCUT2D eigenvalue weighted by Crippen LogP contribution is -2.28. The molecule has 1 aromatic heterocycles. The van der Waals surface area contributed by atoms with E-state index in [2.05, 4.69) is 10.4 Å². The highest BCUT2D eigenvalue weighted by molar-refractivity contribution is 5.04. The van der Waals surface area contributed by atoms with Crippen LogP contribution < -0.4 is 5.32 Å². The van der Waals surface area contributed by atoms with Gasteiger partial charge in [0, 0.05) is 14.6 Å². The van der Waals surface area contributed by atoms with Gasteiger partial charge in [0.25, 0.3) is 0 Å². The van der Waals surface area contributed by atoms with Gasteiger partial charge in [0.2, 0.25) is 0 Å². The normalized spacial score (nSPS) is 20.2. The Kier molecular flexibility index (Phi) is 2.28. The topological polar surface area (TPSA) is 29.9 Å². The molecule has 0 bridgehead atoms. The molecule has 2 rings (SSSR count). The first-order valence-electron chi connectivity index (χ1n) is 5.60. The summed E-state index contributed by atoms with van der Waals surface area (Å²) in [5.74, 6) is 0.805. The van der Waals surface area contributed by atoms with Crippen LogP contribution in [0.5, 0.6) is 0 Å². The first kappa shape index (κ1) is 7.56. The van der Waals surface area contributed by atoms with E-state index in [0.29, 0.717) is 0 Å². The van der Waals surface area contributed by atoms with Crippen molar-refractivity contribution in [3.8, 4) is 0 Å². The van der Waals surface area contributed by atoms with Crippen LogP contribution in [0.15, 0.2) is 12.4 Å². The summed E-state index contributed by atoms with van der Waals surface area (Å²) in [6, 6.07) is 0. The molecule has 0 amide bonds. The molecule has 3 heteroatoms. The van der Waals surface area contributed by atoms with Crippen LogP contribution in [0.4, 0.5) is 0 Å². The zero-order valence-corrected chi connectivity index (χ0v) is 7.87. The smallest absolute Gasteiger partial charge is 0.0521 e. The highest BCUT2D eigenvalue weighted by Crippen LogP contribution is 2.17. The van der Waals surface area contributed by atoms with Crippen molar-refractivity contribution < 1.29 is 1.37 Å². The standard InChI is InChI=1S/C10H17N3/c1-13-8-10(7-12-13)6-9-2-4-11-5-3-9/h7-9,11H,2-6H2,1H3/i1D. The molecule has 0 unspecified atom stereocenters. The Bertz CT molecular complexity index is 279. The monoisotopic (exact) mass is 180 g/mol. The molecule has 1 aliphatic rings. The highest BCUT2D eigenvalue weighted by atomic mass is 15.2. The first-order chi connectivity index (χ1) is 6.88. The van der Waals surface area contributed by atoms with E-state index in [-0.39, 0.29) is 7.02 Å². The van der Waals surface area contributed by atoms with Crippen LogP contribution in [0, 0.1) is 5.92 Å². The lowest BCUT2D eigenvalue weighted by atomic mass is 9.92. The Hall–Kier alpha value is -0.830. The van der Waals surface area contributed by atoms with E-state index in [1.165, 1.54) is 18.4 Å². The van der Waals surface area contributed by atoms with Gasteiger partial charge in [-0.05, 0) is 43.8 Å². The molecule has 1 fully saturated rings. The summed E-state index contributed by atoms with van der Waals surface area (Å²) >= 11 is 0. The minimum atomic E-state index is 0.228. The maximum atomic E-state index is 7.17. The van der Waals surface area contributed by atoms with Crippen molar-refractivity contribution in [1.82, 2.24) is 15.1 Å². The van der Waals surface area contributed by atoms with Crippen LogP contribution in [-0.2, 0) is 13.4 Å². The molecule has 1 N–H and O–H groups in total. The summed E-state index contributed by atoms with van der Waals surface area (Å²) in [7, 11) is 0.228. The Balaban J connectivity index is 1.89. The zero-order chi connectivity index (χ0) is 9.80. The van der Waals surface area contributed by atoms with Crippen molar-refractivity contribution in [3.05, 3.63) is 18.0 Å². The Morgan fingerprint density at radius 2 is 2.54 bits per heavy atom. The lowest BCUT2D eigenvalue weighted by molar-refractivity contribution is 0.372. The molecule has 3 nitrogen and oxygen atoms in total. The molecule has 1 aromatic rings. The minimum absolute atomic E-state index is 0.228. The number of hydrogen-bond acceptors (Lipinski definition) is 2. The van der Waals surface area contributed by atoms with Gasteiger partial charge in [-0.1, -0.05) is 0 Å². The van der Waals surface area contributed by atoms with Gasteiger partial charge >= 0.3 is 0 Å². The number of piperidine rings is 1. The van der Waals surface area contributed by atoms with Crippen molar-refractivity contribution in [1.29, 1.82) is 0 Å². The van der Waals surface area contributed by atoms with Crippen LogP contribution in [-0.4, -0.2) is 22.9 Å². The first-order valence-corrected chi connectivity index (χ1v) is 4.90. The van der Waals surface area contributed by atoms with E-state index in [9.17, 15) is 0 Å². The Morgan fingerprint density at radius 1 is 1.69 bits per heavy atom. The molecule has 1 aliphatic heterocycles. The average molecular weight is 180 g/mol. The van der Waals surface area contributed by atoms with Crippen molar-refractivity contribution in [2.24, 2.45) is 12.9 Å². The van der Waals surface area contributed by atoms with Crippen molar-refractivity contribution in [2.45, 2.75) is 19.3 Å². The van der Waals surface area contributed by atoms with Crippen LogP contribution >= 0.6 is 0 Å². The van der Waals surface area contributed by atoms with E-state index < -0.39 is 0 Å². The van der Waals surface area contributed by atoms with Crippen molar-refractivity contribution in [3.63, 3.8) is 0 Å². The van der Waals surface area contributed by atoms with Gasteiger partial charge in [-0.2, -0.15) is 5.10 Å². The molecule has 0 saturated carbocycles. The molecule has 0 atom stereocenters. The molecule has 1 saturated heterocycles. The summed E-state index contributed by atoms with van der Waals surface area (Å²) in [6.45, 7) is 2.30. The molecule has 0 aromatic carbocycles. The van der Waals surface area contributed by atoms with Gasteiger partial charge in [-0.15, -0.1) is 0 Å². The molecule has 72 valence electrons. The van der Waals surface area contributed by atoms with Gasteiger partial charge in [-0.3, -0.25) is 4.68 Å². The number of nitrogens with one attached hydrogen (secondary N) is 1. The van der Waals surface area contributed by atoms with Gasteiger partial charge in [0.1, 0.15) is 0 Å². The maximum absolute atomic E-state index is 7.17. The molecule has 0 aliphatic carbocycles. The highest BCUT2D eigenvalue weighted by Gasteiger charge is 2.13. The summed E-state index contributed by atoms with van der Waals surface area (Å²) in [5, 5.41) is 7.48. The fourth-order valence-electron chi connectivity index (χ4n) is 1.93. The second-order valence-corrected chi connectivity index (χ2v) is 3.79. The lowest BCUT2D eigenvalue weighted by Gasteiger charge is -2.21. The second kappa shape index (κ2) is 3.92. The third kappa shape index (κ3) is 2.31. The Morgan fingerprint density at radius 3 is 3.23 bits per heavy atom. The SMILES string of the molecule is [2H]Cn1cc(CC2CCNCC2)cn1. The molecule has 13 heavy (non-hydrogen) atoms. The summed E-state index contributed by atoms with van der Waals surface area (Å²) in [6.07, 6.45) is 7.56. The van der Waals surface area contributed by atoms with Crippen LogP contribution in [0.2, 0.25) is 0 Å². The summed E-state index contributed by atoms with van der Waals surface area (Å²) in [5.41, 5.74) is 1.28. The number of nitrogens with zero attached hydrogens (tertiary/aromatic N) is 2. The van der Waals surface area contributed by atoms with Crippen LogP contribution in [0.3, 0.4) is 0 Å². The predicted octanol–water partition coefficient (Wildman–Crippen LogP) is 0.962.